The molecular weight excluding hydrogens is 278 g/mol. The molecule has 0 aliphatic rings. The van der Waals surface area contributed by atoms with Crippen LogP contribution in [-0.2, 0) is 10.5 Å². The van der Waals surface area contributed by atoms with Crippen molar-refractivity contribution < 1.29 is 4.79 Å². The van der Waals surface area contributed by atoms with E-state index >= 15 is 0 Å². The lowest BCUT2D eigenvalue weighted by atomic mass is 10.2. The van der Waals surface area contributed by atoms with Crippen LogP contribution in [0.1, 0.15) is 18.1 Å². The van der Waals surface area contributed by atoms with Crippen LogP contribution in [0.15, 0.2) is 54.6 Å². The van der Waals surface area contributed by atoms with E-state index in [1.807, 2.05) is 61.2 Å². The summed E-state index contributed by atoms with van der Waals surface area (Å²) < 4.78 is 0. The SMILES string of the molecule is CCN(C(=O)CSCc1ccccc1)c1ccccc1C. The average Bonchev–Trinajstić information content (AvgIpc) is 2.51. The molecular formula is C18H21NOS. The van der Waals surface area contributed by atoms with E-state index in [2.05, 4.69) is 12.1 Å². The number of benzene rings is 2. The Kier molecular flexibility index (Phi) is 5.88. The number of para-hydroxylation sites is 1. The Balaban J connectivity index is 1.93. The highest BCUT2D eigenvalue weighted by atomic mass is 32.2. The molecule has 0 saturated heterocycles. The Morgan fingerprint density at radius 2 is 1.71 bits per heavy atom. The summed E-state index contributed by atoms with van der Waals surface area (Å²) in [6.45, 7) is 4.77. The van der Waals surface area contributed by atoms with Crippen LogP contribution in [0.5, 0.6) is 0 Å². The molecule has 0 heterocycles. The molecule has 2 rings (SSSR count). The largest absolute Gasteiger partial charge is 0.312 e. The minimum absolute atomic E-state index is 0.174. The van der Waals surface area contributed by atoms with Crippen LogP contribution in [0, 0.1) is 6.92 Å². The Morgan fingerprint density at radius 1 is 1.05 bits per heavy atom. The van der Waals surface area contributed by atoms with Crippen LogP contribution in [0.25, 0.3) is 0 Å². The summed E-state index contributed by atoms with van der Waals surface area (Å²) in [5, 5.41) is 0. The smallest absolute Gasteiger partial charge is 0.236 e. The first-order valence-corrected chi connectivity index (χ1v) is 8.35. The van der Waals surface area contributed by atoms with Crippen LogP contribution < -0.4 is 4.90 Å². The van der Waals surface area contributed by atoms with Gasteiger partial charge in [-0.3, -0.25) is 4.79 Å². The number of carbonyl (C=O) groups excluding carboxylic acids is 1. The molecule has 0 aliphatic carbocycles. The van der Waals surface area contributed by atoms with Gasteiger partial charge in [-0.1, -0.05) is 48.5 Å². The first kappa shape index (κ1) is 15.6. The molecule has 0 atom stereocenters. The van der Waals surface area contributed by atoms with Gasteiger partial charge in [0.25, 0.3) is 0 Å². The van der Waals surface area contributed by atoms with Crippen molar-refractivity contribution in [3.63, 3.8) is 0 Å². The molecule has 110 valence electrons. The molecule has 1 amide bonds. The summed E-state index contributed by atoms with van der Waals surface area (Å²) >= 11 is 1.67. The van der Waals surface area contributed by atoms with Crippen LogP contribution in [-0.4, -0.2) is 18.2 Å². The topological polar surface area (TPSA) is 20.3 Å². The molecule has 0 saturated carbocycles. The molecule has 2 nitrogen and oxygen atoms in total. The summed E-state index contributed by atoms with van der Waals surface area (Å²) in [5.41, 5.74) is 3.42. The summed E-state index contributed by atoms with van der Waals surface area (Å²) in [5.74, 6) is 1.56. The highest BCUT2D eigenvalue weighted by molar-refractivity contribution is 7.99. The molecule has 0 spiro atoms. The van der Waals surface area contributed by atoms with Gasteiger partial charge < -0.3 is 4.90 Å². The van der Waals surface area contributed by atoms with Crippen LogP contribution in [0.3, 0.4) is 0 Å². The maximum Gasteiger partial charge on any atom is 0.236 e. The average molecular weight is 299 g/mol. The fourth-order valence-electron chi connectivity index (χ4n) is 2.26. The quantitative estimate of drug-likeness (QED) is 0.793. The van der Waals surface area contributed by atoms with Crippen LogP contribution in [0.4, 0.5) is 5.69 Å². The fraction of sp³-hybridized carbons (Fsp3) is 0.278. The number of thioether (sulfide) groups is 1. The zero-order chi connectivity index (χ0) is 15.1. The van der Waals surface area contributed by atoms with Crippen molar-refractivity contribution in [2.45, 2.75) is 19.6 Å². The minimum atomic E-state index is 0.174. The molecule has 0 bridgehead atoms. The predicted molar refractivity (Wildman–Crippen MR) is 91.8 cm³/mol. The van der Waals surface area contributed by atoms with E-state index in [1.54, 1.807) is 11.8 Å². The van der Waals surface area contributed by atoms with Crippen molar-refractivity contribution in [2.75, 3.05) is 17.2 Å². The molecule has 0 fully saturated rings. The molecule has 0 radical (unpaired) electrons. The molecule has 2 aromatic rings. The van der Waals surface area contributed by atoms with Crippen molar-refractivity contribution in [2.24, 2.45) is 0 Å². The van der Waals surface area contributed by atoms with Gasteiger partial charge in [-0.25, -0.2) is 0 Å². The highest BCUT2D eigenvalue weighted by Gasteiger charge is 2.15. The second-order valence-corrected chi connectivity index (χ2v) is 5.89. The normalized spacial score (nSPS) is 10.4. The minimum Gasteiger partial charge on any atom is -0.312 e. The van der Waals surface area contributed by atoms with Crippen molar-refractivity contribution in [1.82, 2.24) is 0 Å². The van der Waals surface area contributed by atoms with E-state index in [1.165, 1.54) is 5.56 Å². The molecule has 0 aromatic heterocycles. The standard InChI is InChI=1S/C18H21NOS/c1-3-19(17-12-8-7-9-15(17)2)18(20)14-21-13-16-10-5-4-6-11-16/h4-12H,3,13-14H2,1-2H3. The van der Waals surface area contributed by atoms with Gasteiger partial charge in [0.1, 0.15) is 0 Å². The first-order chi connectivity index (χ1) is 10.2. The van der Waals surface area contributed by atoms with Crippen molar-refractivity contribution in [1.29, 1.82) is 0 Å². The van der Waals surface area contributed by atoms with Crippen molar-refractivity contribution in [3.8, 4) is 0 Å². The van der Waals surface area contributed by atoms with E-state index in [0.717, 1.165) is 17.0 Å². The van der Waals surface area contributed by atoms with Gasteiger partial charge in [0.05, 0.1) is 5.75 Å². The van der Waals surface area contributed by atoms with Gasteiger partial charge in [-0.2, -0.15) is 0 Å². The zero-order valence-electron chi connectivity index (χ0n) is 12.6. The predicted octanol–water partition coefficient (Wildman–Crippen LogP) is 4.28. The second-order valence-electron chi connectivity index (χ2n) is 4.90. The molecule has 0 aliphatic heterocycles. The zero-order valence-corrected chi connectivity index (χ0v) is 13.4. The third-order valence-corrected chi connectivity index (χ3v) is 4.35. The van der Waals surface area contributed by atoms with E-state index in [4.69, 9.17) is 0 Å². The van der Waals surface area contributed by atoms with Gasteiger partial charge in [0.15, 0.2) is 0 Å². The summed E-state index contributed by atoms with van der Waals surface area (Å²) in [7, 11) is 0. The van der Waals surface area contributed by atoms with E-state index < -0.39 is 0 Å². The van der Waals surface area contributed by atoms with Gasteiger partial charge >= 0.3 is 0 Å². The van der Waals surface area contributed by atoms with Gasteiger partial charge in [0.2, 0.25) is 5.91 Å². The Hall–Kier alpha value is -1.74. The number of hydrogen-bond donors (Lipinski definition) is 0. The highest BCUT2D eigenvalue weighted by Crippen LogP contribution is 2.21. The first-order valence-electron chi connectivity index (χ1n) is 7.20. The third-order valence-electron chi connectivity index (χ3n) is 3.36. The number of carbonyl (C=O) groups is 1. The molecule has 2 aromatic carbocycles. The van der Waals surface area contributed by atoms with Crippen LogP contribution >= 0.6 is 11.8 Å². The van der Waals surface area contributed by atoms with Gasteiger partial charge in [0, 0.05) is 18.0 Å². The molecule has 0 N–H and O–H groups in total. The lowest BCUT2D eigenvalue weighted by Crippen LogP contribution is -2.32. The Bertz CT molecular complexity index is 583. The van der Waals surface area contributed by atoms with Gasteiger partial charge in [-0.15, -0.1) is 11.8 Å². The molecule has 21 heavy (non-hydrogen) atoms. The van der Waals surface area contributed by atoms with E-state index in [-0.39, 0.29) is 5.91 Å². The number of amides is 1. The van der Waals surface area contributed by atoms with Crippen LogP contribution in [0.2, 0.25) is 0 Å². The van der Waals surface area contributed by atoms with Crippen molar-refractivity contribution >= 4 is 23.4 Å². The monoisotopic (exact) mass is 299 g/mol. The maximum atomic E-state index is 12.4. The fourth-order valence-corrected chi connectivity index (χ4v) is 3.12. The lowest BCUT2D eigenvalue weighted by Gasteiger charge is -2.22. The number of anilines is 1. The number of nitrogens with zero attached hydrogens (tertiary/aromatic N) is 1. The summed E-state index contributed by atoms with van der Waals surface area (Å²) in [6, 6.07) is 18.3. The Morgan fingerprint density at radius 3 is 2.38 bits per heavy atom. The van der Waals surface area contributed by atoms with E-state index in [9.17, 15) is 4.79 Å². The molecule has 3 heteroatoms. The Labute approximate surface area is 131 Å². The van der Waals surface area contributed by atoms with Crippen molar-refractivity contribution in [3.05, 3.63) is 65.7 Å². The van der Waals surface area contributed by atoms with Gasteiger partial charge in [-0.05, 0) is 31.0 Å². The molecule has 0 unspecified atom stereocenters. The lowest BCUT2D eigenvalue weighted by molar-refractivity contribution is -0.116. The maximum absolute atomic E-state index is 12.4. The summed E-state index contributed by atoms with van der Waals surface area (Å²) in [6.07, 6.45) is 0. The number of aryl methyl sites for hydroxylation is 1. The second kappa shape index (κ2) is 7.89. The number of hydrogen-bond acceptors (Lipinski definition) is 2. The number of rotatable bonds is 6. The van der Waals surface area contributed by atoms with E-state index in [0.29, 0.717) is 12.3 Å². The summed E-state index contributed by atoms with van der Waals surface area (Å²) in [4.78, 5) is 14.3. The third kappa shape index (κ3) is 4.36.